The van der Waals surface area contributed by atoms with Crippen LogP contribution in [0.4, 0.5) is 4.79 Å². The molecule has 2 aliphatic rings. The van der Waals surface area contributed by atoms with Gasteiger partial charge in [-0.1, -0.05) is 23.8 Å². The molecule has 7 heteroatoms. The average molecular weight is 384 g/mol. The summed E-state index contributed by atoms with van der Waals surface area (Å²) >= 11 is 1.62. The lowest BCUT2D eigenvalue weighted by Crippen LogP contribution is -2.41. The van der Waals surface area contributed by atoms with Crippen LogP contribution in [0.5, 0.6) is 11.5 Å². The van der Waals surface area contributed by atoms with Gasteiger partial charge in [-0.15, -0.1) is 11.8 Å². The van der Waals surface area contributed by atoms with Crippen molar-refractivity contribution in [1.29, 1.82) is 0 Å². The minimum Gasteiger partial charge on any atom is -0.454 e. The SMILES string of the molecule is Cc1ccc(SCCN2C(=O)N[C@@](C)(c3ccc4c(c3)OCO4)C2=O)cc1. The van der Waals surface area contributed by atoms with Crippen LogP contribution in [0.15, 0.2) is 47.4 Å². The van der Waals surface area contributed by atoms with Gasteiger partial charge in [-0.2, -0.15) is 0 Å². The van der Waals surface area contributed by atoms with E-state index in [4.69, 9.17) is 9.47 Å². The average Bonchev–Trinajstić information content (AvgIpc) is 3.21. The Bertz CT molecular complexity index is 899. The first-order chi connectivity index (χ1) is 13.0. The first kappa shape index (κ1) is 17.7. The highest BCUT2D eigenvalue weighted by Gasteiger charge is 2.49. The first-order valence-corrected chi connectivity index (χ1v) is 9.70. The molecule has 0 aliphatic carbocycles. The second-order valence-corrected chi connectivity index (χ2v) is 7.91. The largest absolute Gasteiger partial charge is 0.454 e. The number of hydrogen-bond donors (Lipinski definition) is 1. The van der Waals surface area contributed by atoms with E-state index in [0.717, 1.165) is 4.90 Å². The highest BCUT2D eigenvalue weighted by molar-refractivity contribution is 7.99. The number of hydrogen-bond acceptors (Lipinski definition) is 5. The molecular formula is C20H20N2O4S. The van der Waals surface area contributed by atoms with Gasteiger partial charge in [0.15, 0.2) is 11.5 Å². The predicted octanol–water partition coefficient (Wildman–Crippen LogP) is 3.28. The molecule has 1 fully saturated rings. The third-order valence-electron chi connectivity index (χ3n) is 4.83. The summed E-state index contributed by atoms with van der Waals surface area (Å²) in [4.78, 5) is 27.8. The van der Waals surface area contributed by atoms with Gasteiger partial charge in [-0.05, 0) is 43.7 Å². The maximum Gasteiger partial charge on any atom is 0.325 e. The molecule has 1 atom stereocenters. The van der Waals surface area contributed by atoms with Crippen molar-refractivity contribution in [3.63, 3.8) is 0 Å². The third kappa shape index (κ3) is 3.23. The molecule has 0 bridgehead atoms. The number of benzene rings is 2. The summed E-state index contributed by atoms with van der Waals surface area (Å²) in [5, 5.41) is 2.83. The van der Waals surface area contributed by atoms with Crippen molar-refractivity contribution >= 4 is 23.7 Å². The van der Waals surface area contributed by atoms with E-state index in [1.54, 1.807) is 36.9 Å². The van der Waals surface area contributed by atoms with Crippen molar-refractivity contribution in [3.05, 3.63) is 53.6 Å². The maximum atomic E-state index is 13.0. The second-order valence-electron chi connectivity index (χ2n) is 6.74. The van der Waals surface area contributed by atoms with Gasteiger partial charge in [0.05, 0.1) is 0 Å². The molecule has 0 saturated carbocycles. The number of nitrogens with zero attached hydrogens (tertiary/aromatic N) is 1. The maximum absolute atomic E-state index is 13.0. The highest BCUT2D eigenvalue weighted by atomic mass is 32.2. The van der Waals surface area contributed by atoms with Gasteiger partial charge in [0.25, 0.3) is 5.91 Å². The summed E-state index contributed by atoms with van der Waals surface area (Å²) in [5.41, 5.74) is 0.777. The Kier molecular flexibility index (Phi) is 4.47. The van der Waals surface area contributed by atoms with E-state index in [9.17, 15) is 9.59 Å². The number of imide groups is 1. The number of fused-ring (bicyclic) bond motifs is 1. The fraction of sp³-hybridized carbons (Fsp3) is 0.300. The first-order valence-electron chi connectivity index (χ1n) is 8.71. The van der Waals surface area contributed by atoms with Crippen LogP contribution in [-0.2, 0) is 10.3 Å². The Morgan fingerprint density at radius 3 is 2.63 bits per heavy atom. The van der Waals surface area contributed by atoms with E-state index >= 15 is 0 Å². The van der Waals surface area contributed by atoms with Crippen LogP contribution in [0, 0.1) is 6.92 Å². The van der Waals surface area contributed by atoms with Crippen LogP contribution in [0.25, 0.3) is 0 Å². The van der Waals surface area contributed by atoms with E-state index in [1.165, 1.54) is 10.5 Å². The van der Waals surface area contributed by atoms with Gasteiger partial charge in [-0.3, -0.25) is 9.69 Å². The summed E-state index contributed by atoms with van der Waals surface area (Å²) in [7, 11) is 0. The number of ether oxygens (including phenoxy) is 2. The molecular weight excluding hydrogens is 364 g/mol. The van der Waals surface area contributed by atoms with Crippen molar-refractivity contribution in [3.8, 4) is 11.5 Å². The number of amides is 3. The molecule has 1 saturated heterocycles. The van der Waals surface area contributed by atoms with Crippen LogP contribution in [0.3, 0.4) is 0 Å². The predicted molar refractivity (Wildman–Crippen MR) is 102 cm³/mol. The summed E-state index contributed by atoms with van der Waals surface area (Å²) in [6, 6.07) is 13.1. The van der Waals surface area contributed by atoms with E-state index in [1.807, 2.05) is 31.2 Å². The molecule has 4 rings (SSSR count). The number of nitrogens with one attached hydrogen (secondary N) is 1. The Hall–Kier alpha value is -2.67. The molecule has 2 heterocycles. The van der Waals surface area contributed by atoms with E-state index < -0.39 is 5.54 Å². The van der Waals surface area contributed by atoms with Gasteiger partial charge < -0.3 is 14.8 Å². The van der Waals surface area contributed by atoms with Gasteiger partial charge in [0.2, 0.25) is 6.79 Å². The van der Waals surface area contributed by atoms with Crippen LogP contribution in [0.2, 0.25) is 0 Å². The smallest absolute Gasteiger partial charge is 0.325 e. The molecule has 140 valence electrons. The van der Waals surface area contributed by atoms with E-state index in [0.29, 0.717) is 29.4 Å². The molecule has 0 spiro atoms. The van der Waals surface area contributed by atoms with Gasteiger partial charge in [0.1, 0.15) is 5.54 Å². The number of rotatable bonds is 5. The van der Waals surface area contributed by atoms with Gasteiger partial charge in [-0.25, -0.2) is 4.79 Å². The molecule has 27 heavy (non-hydrogen) atoms. The van der Waals surface area contributed by atoms with Crippen LogP contribution >= 0.6 is 11.8 Å². The number of aryl methyl sites for hydroxylation is 1. The number of carbonyl (C=O) groups is 2. The Morgan fingerprint density at radius 2 is 1.85 bits per heavy atom. The lowest BCUT2D eigenvalue weighted by molar-refractivity contribution is -0.130. The van der Waals surface area contributed by atoms with Gasteiger partial charge in [0, 0.05) is 17.2 Å². The lowest BCUT2D eigenvalue weighted by atomic mass is 9.91. The number of carbonyl (C=O) groups excluding carboxylic acids is 2. The standard InChI is InChI=1S/C20H20N2O4S/c1-13-3-6-15(7-4-13)27-10-9-22-18(23)20(2,21-19(22)24)14-5-8-16-17(11-14)26-12-25-16/h3-8,11H,9-10,12H2,1-2H3,(H,21,24)/t20-/m0/s1. The molecule has 1 N–H and O–H groups in total. The molecule has 2 aliphatic heterocycles. The summed E-state index contributed by atoms with van der Waals surface area (Å²) in [5.74, 6) is 1.62. The van der Waals surface area contributed by atoms with E-state index in [-0.39, 0.29) is 18.7 Å². The Labute approximate surface area is 161 Å². The Morgan fingerprint density at radius 1 is 1.11 bits per heavy atom. The van der Waals surface area contributed by atoms with Crippen molar-refractivity contribution in [2.24, 2.45) is 0 Å². The summed E-state index contributed by atoms with van der Waals surface area (Å²) in [6.07, 6.45) is 0. The second kappa shape index (κ2) is 6.81. The van der Waals surface area contributed by atoms with Crippen LogP contribution in [0.1, 0.15) is 18.1 Å². The Balaban J connectivity index is 1.45. The highest BCUT2D eigenvalue weighted by Crippen LogP contribution is 2.37. The quantitative estimate of drug-likeness (QED) is 0.633. The molecule has 3 amide bonds. The topological polar surface area (TPSA) is 67.9 Å². The van der Waals surface area contributed by atoms with Crippen LogP contribution in [-0.4, -0.2) is 35.9 Å². The molecule has 6 nitrogen and oxygen atoms in total. The minimum atomic E-state index is -1.10. The monoisotopic (exact) mass is 384 g/mol. The molecule has 0 radical (unpaired) electrons. The minimum absolute atomic E-state index is 0.165. The molecule has 2 aromatic carbocycles. The summed E-state index contributed by atoms with van der Waals surface area (Å²) < 4.78 is 10.7. The third-order valence-corrected chi connectivity index (χ3v) is 5.82. The van der Waals surface area contributed by atoms with Crippen molar-refractivity contribution in [1.82, 2.24) is 10.2 Å². The van der Waals surface area contributed by atoms with Crippen molar-refractivity contribution < 1.29 is 19.1 Å². The fourth-order valence-corrected chi connectivity index (χ4v) is 4.03. The van der Waals surface area contributed by atoms with Gasteiger partial charge >= 0.3 is 6.03 Å². The molecule has 0 unspecified atom stereocenters. The fourth-order valence-electron chi connectivity index (χ4n) is 3.19. The van der Waals surface area contributed by atoms with Crippen LogP contribution < -0.4 is 14.8 Å². The lowest BCUT2D eigenvalue weighted by Gasteiger charge is -2.22. The van der Waals surface area contributed by atoms with Crippen molar-refractivity contribution in [2.75, 3.05) is 19.1 Å². The molecule has 0 aromatic heterocycles. The zero-order valence-corrected chi connectivity index (χ0v) is 16.0. The zero-order valence-electron chi connectivity index (χ0n) is 15.2. The zero-order chi connectivity index (χ0) is 19.0. The normalized spacial score (nSPS) is 20.9. The molecule has 2 aromatic rings. The summed E-state index contributed by atoms with van der Waals surface area (Å²) in [6.45, 7) is 4.28. The number of thioether (sulfide) groups is 1. The number of urea groups is 1. The van der Waals surface area contributed by atoms with Crippen molar-refractivity contribution in [2.45, 2.75) is 24.3 Å². The van der Waals surface area contributed by atoms with E-state index in [2.05, 4.69) is 5.32 Å².